The van der Waals surface area contributed by atoms with Crippen LogP contribution in [0.5, 0.6) is 11.5 Å². The van der Waals surface area contributed by atoms with Crippen molar-refractivity contribution in [1.82, 2.24) is 9.80 Å². The number of piperidine rings is 1. The largest absolute Gasteiger partial charge is 0.497 e. The van der Waals surface area contributed by atoms with Crippen molar-refractivity contribution in [2.24, 2.45) is 5.92 Å². The fourth-order valence-corrected chi connectivity index (χ4v) is 6.54. The predicted octanol–water partition coefficient (Wildman–Crippen LogP) is 6.91. The average Bonchev–Trinajstić information content (AvgIpc) is 3.96. The zero-order valence-corrected chi connectivity index (χ0v) is 30.3. The molecule has 10 heteroatoms. The van der Waals surface area contributed by atoms with E-state index in [1.807, 2.05) is 68.1 Å². The summed E-state index contributed by atoms with van der Waals surface area (Å²) in [6.45, 7) is 7.46. The lowest BCUT2D eigenvalue weighted by molar-refractivity contribution is -0.148. The molecular weight excluding hydrogens is 636 g/mol. The predicted molar refractivity (Wildman–Crippen MR) is 191 cm³/mol. The third-order valence-electron chi connectivity index (χ3n) is 8.96. The lowest BCUT2D eigenvalue weighted by Crippen LogP contribution is -2.56. The van der Waals surface area contributed by atoms with E-state index < -0.39 is 23.7 Å². The summed E-state index contributed by atoms with van der Waals surface area (Å²) in [6.07, 6.45) is 1.58. The lowest BCUT2D eigenvalue weighted by Gasteiger charge is -2.44. The summed E-state index contributed by atoms with van der Waals surface area (Å²) in [4.78, 5) is 32.2. The van der Waals surface area contributed by atoms with Gasteiger partial charge in [0.2, 0.25) is 5.91 Å². The van der Waals surface area contributed by atoms with Gasteiger partial charge in [0.05, 0.1) is 32.3 Å². The molecule has 2 aliphatic rings. The Balaban J connectivity index is 1.51. The Hall–Kier alpha value is -4.12. The van der Waals surface area contributed by atoms with Gasteiger partial charge in [-0.05, 0) is 68.0 Å². The number of amides is 2. The molecule has 2 amide bonds. The van der Waals surface area contributed by atoms with E-state index in [1.54, 1.807) is 26.2 Å². The SMILES string of the molecule is COCCCOc1cc(CN(C(=O)[C@H]2CN(C(=O)OC(C)(C)C)C[C@@H](OCOC)[C@@H]2c2cccc(-c3ccccc3)c2)C2CC2)cc(OC)c1. The minimum Gasteiger partial charge on any atom is -0.497 e. The van der Waals surface area contributed by atoms with Gasteiger partial charge in [-0.25, -0.2) is 4.79 Å². The van der Waals surface area contributed by atoms with Gasteiger partial charge >= 0.3 is 6.09 Å². The highest BCUT2D eigenvalue weighted by Gasteiger charge is 2.47. The molecule has 10 nitrogen and oxygen atoms in total. The van der Waals surface area contributed by atoms with Crippen LogP contribution in [0.3, 0.4) is 0 Å². The summed E-state index contributed by atoms with van der Waals surface area (Å²) >= 11 is 0. The fourth-order valence-electron chi connectivity index (χ4n) is 6.54. The molecule has 0 aromatic heterocycles. The van der Waals surface area contributed by atoms with Crippen molar-refractivity contribution < 1.29 is 38.0 Å². The minimum atomic E-state index is -0.698. The van der Waals surface area contributed by atoms with Gasteiger partial charge in [-0.1, -0.05) is 54.6 Å². The Morgan fingerprint density at radius 3 is 2.26 bits per heavy atom. The van der Waals surface area contributed by atoms with Gasteiger partial charge in [0.1, 0.15) is 23.9 Å². The zero-order chi connectivity index (χ0) is 35.7. The van der Waals surface area contributed by atoms with Crippen LogP contribution in [0.4, 0.5) is 4.79 Å². The molecule has 3 atom stereocenters. The standard InChI is InChI=1S/C40H52N2O8/c1-40(2,3)50-39(44)41-25-35(37(36(26-41)49-27-46-5)31-15-10-14-30(22-31)29-12-8-7-9-13-29)38(43)42(32-16-17-32)24-28-20-33(47-6)23-34(21-28)48-19-11-18-45-4/h7-10,12-15,20-23,32,35-37H,11,16-19,24-27H2,1-6H3/t35-,36+,37+/m0/s1. The topological polar surface area (TPSA) is 96.0 Å². The van der Waals surface area contributed by atoms with Crippen molar-refractivity contribution in [1.29, 1.82) is 0 Å². The summed E-state index contributed by atoms with van der Waals surface area (Å²) < 4.78 is 34.3. The van der Waals surface area contributed by atoms with Gasteiger partial charge in [0.25, 0.3) is 0 Å². The first kappa shape index (κ1) is 37.1. The minimum absolute atomic E-state index is 0.0198. The number of methoxy groups -OCH3 is 3. The summed E-state index contributed by atoms with van der Waals surface area (Å²) in [5, 5.41) is 0. The summed E-state index contributed by atoms with van der Waals surface area (Å²) in [7, 11) is 4.86. The van der Waals surface area contributed by atoms with Gasteiger partial charge in [-0.3, -0.25) is 4.79 Å². The molecule has 1 saturated heterocycles. The van der Waals surface area contributed by atoms with E-state index in [1.165, 1.54) is 0 Å². The highest BCUT2D eigenvalue weighted by Crippen LogP contribution is 2.41. The number of hydrogen-bond acceptors (Lipinski definition) is 8. The number of nitrogens with zero attached hydrogens (tertiary/aromatic N) is 2. The van der Waals surface area contributed by atoms with Crippen molar-refractivity contribution in [3.63, 3.8) is 0 Å². The van der Waals surface area contributed by atoms with Crippen LogP contribution in [-0.2, 0) is 30.3 Å². The second kappa shape index (κ2) is 17.2. The smallest absolute Gasteiger partial charge is 0.410 e. The van der Waals surface area contributed by atoms with Crippen molar-refractivity contribution in [2.45, 2.75) is 70.2 Å². The van der Waals surface area contributed by atoms with Gasteiger partial charge in [0.15, 0.2) is 0 Å². The summed E-state index contributed by atoms with van der Waals surface area (Å²) in [5.74, 6) is 0.333. The Bertz CT molecular complexity index is 1550. The molecule has 5 rings (SSSR count). The number of rotatable bonds is 15. The van der Waals surface area contributed by atoms with Crippen molar-refractivity contribution in [3.05, 3.63) is 83.9 Å². The molecule has 270 valence electrons. The number of carbonyl (C=O) groups is 2. The van der Waals surface area contributed by atoms with Crippen LogP contribution in [0.25, 0.3) is 11.1 Å². The highest BCUT2D eigenvalue weighted by atomic mass is 16.7. The quantitative estimate of drug-likeness (QED) is 0.126. The molecule has 3 aromatic carbocycles. The second-order valence-electron chi connectivity index (χ2n) is 14.0. The van der Waals surface area contributed by atoms with E-state index >= 15 is 4.79 Å². The molecule has 50 heavy (non-hydrogen) atoms. The third kappa shape index (κ3) is 9.99. The molecular formula is C40H52N2O8. The molecule has 1 heterocycles. The number of benzene rings is 3. The molecule has 0 N–H and O–H groups in total. The Kier molecular flexibility index (Phi) is 12.8. The summed E-state index contributed by atoms with van der Waals surface area (Å²) in [5.41, 5.74) is 3.30. The Labute approximate surface area is 296 Å². The highest BCUT2D eigenvalue weighted by molar-refractivity contribution is 5.82. The molecule has 0 spiro atoms. The first-order chi connectivity index (χ1) is 24.1. The third-order valence-corrected chi connectivity index (χ3v) is 8.96. The van der Waals surface area contributed by atoms with E-state index in [9.17, 15) is 4.79 Å². The van der Waals surface area contributed by atoms with Crippen LogP contribution in [0.15, 0.2) is 72.8 Å². The van der Waals surface area contributed by atoms with Gasteiger partial charge in [0, 0.05) is 58.4 Å². The van der Waals surface area contributed by atoms with E-state index in [0.29, 0.717) is 31.3 Å². The molecule has 3 aromatic rings. The van der Waals surface area contributed by atoms with Crippen LogP contribution in [0.1, 0.15) is 57.1 Å². The zero-order valence-electron chi connectivity index (χ0n) is 30.3. The van der Waals surface area contributed by atoms with E-state index in [0.717, 1.165) is 41.5 Å². The molecule has 0 radical (unpaired) electrons. The Morgan fingerprint density at radius 1 is 0.840 bits per heavy atom. The first-order valence-electron chi connectivity index (χ1n) is 17.4. The molecule has 2 fully saturated rings. The Morgan fingerprint density at radius 2 is 1.58 bits per heavy atom. The van der Waals surface area contributed by atoms with Crippen LogP contribution in [-0.4, -0.2) is 94.0 Å². The maximum Gasteiger partial charge on any atom is 0.410 e. The second-order valence-corrected chi connectivity index (χ2v) is 14.0. The molecule has 1 aliphatic heterocycles. The van der Waals surface area contributed by atoms with E-state index in [-0.39, 0.29) is 37.7 Å². The maximum atomic E-state index is 15.1. The van der Waals surface area contributed by atoms with Crippen LogP contribution in [0.2, 0.25) is 0 Å². The number of ether oxygens (including phenoxy) is 6. The normalized spacial score (nSPS) is 19.2. The molecule has 1 saturated carbocycles. The first-order valence-corrected chi connectivity index (χ1v) is 17.4. The van der Waals surface area contributed by atoms with Crippen molar-refractivity contribution in [3.8, 4) is 22.6 Å². The van der Waals surface area contributed by atoms with Gasteiger partial charge in [-0.15, -0.1) is 0 Å². The van der Waals surface area contributed by atoms with E-state index in [4.69, 9.17) is 28.4 Å². The number of carbonyl (C=O) groups excluding carboxylic acids is 2. The van der Waals surface area contributed by atoms with Crippen LogP contribution in [0, 0.1) is 5.92 Å². The van der Waals surface area contributed by atoms with Crippen molar-refractivity contribution in [2.75, 3.05) is 54.4 Å². The number of hydrogen-bond donors (Lipinski definition) is 0. The monoisotopic (exact) mass is 688 g/mol. The summed E-state index contributed by atoms with van der Waals surface area (Å²) in [6, 6.07) is 24.3. The number of likely N-dealkylation sites (tertiary alicyclic amines) is 1. The lowest BCUT2D eigenvalue weighted by atomic mass is 9.77. The van der Waals surface area contributed by atoms with Gasteiger partial charge < -0.3 is 38.2 Å². The molecule has 0 unspecified atom stereocenters. The molecule has 1 aliphatic carbocycles. The average molecular weight is 689 g/mol. The maximum absolute atomic E-state index is 15.1. The fraction of sp³-hybridized carbons (Fsp3) is 0.500. The van der Waals surface area contributed by atoms with Gasteiger partial charge in [-0.2, -0.15) is 0 Å². The van der Waals surface area contributed by atoms with E-state index in [2.05, 4.69) is 30.3 Å². The van der Waals surface area contributed by atoms with Crippen molar-refractivity contribution >= 4 is 12.0 Å². The molecule has 0 bridgehead atoms. The van der Waals surface area contributed by atoms with Crippen LogP contribution < -0.4 is 9.47 Å². The van der Waals surface area contributed by atoms with Crippen LogP contribution >= 0.6 is 0 Å².